The molecule has 2 aromatic carbocycles. The summed E-state index contributed by atoms with van der Waals surface area (Å²) < 4.78 is 32.5. The molecule has 2 aliphatic heterocycles. The van der Waals surface area contributed by atoms with Crippen molar-refractivity contribution >= 4 is 0 Å². The van der Waals surface area contributed by atoms with E-state index < -0.39 is 0 Å². The zero-order chi connectivity index (χ0) is 18.5. The van der Waals surface area contributed by atoms with E-state index in [0.717, 1.165) is 39.7 Å². The largest absolute Gasteiger partial charge is 0.488 e. The Kier molecular flexibility index (Phi) is 5.19. The summed E-state index contributed by atoms with van der Waals surface area (Å²) in [6, 6.07) is 11.6. The van der Waals surface area contributed by atoms with Crippen molar-refractivity contribution in [3.8, 4) is 23.0 Å². The third-order valence-corrected chi connectivity index (χ3v) is 4.10. The van der Waals surface area contributed by atoms with Crippen molar-refractivity contribution in [1.82, 2.24) is 0 Å². The molecule has 0 N–H and O–H groups in total. The van der Waals surface area contributed by atoms with Gasteiger partial charge in [-0.05, 0) is 47.9 Å². The minimum atomic E-state index is 0.272. The fourth-order valence-corrected chi connectivity index (χ4v) is 2.71. The molecule has 0 radical (unpaired) electrons. The Labute approximate surface area is 157 Å². The molecule has 0 bridgehead atoms. The van der Waals surface area contributed by atoms with Crippen LogP contribution < -0.4 is 18.9 Å². The number of fused-ring (bicyclic) bond motifs is 2. The summed E-state index contributed by atoms with van der Waals surface area (Å²) in [5.41, 5.74) is 6.07. The second-order valence-corrected chi connectivity index (χ2v) is 6.22. The molecule has 6 heteroatoms. The van der Waals surface area contributed by atoms with Crippen LogP contribution in [0, 0.1) is 0 Å². The molecule has 0 unspecified atom stereocenters. The lowest BCUT2D eigenvalue weighted by Gasteiger charge is -2.05. The molecule has 2 heterocycles. The van der Waals surface area contributed by atoms with Crippen molar-refractivity contribution in [2.75, 3.05) is 20.2 Å². The lowest BCUT2D eigenvalue weighted by molar-refractivity contribution is 0.142. The van der Waals surface area contributed by atoms with Crippen molar-refractivity contribution in [2.24, 2.45) is 0 Å². The molecule has 0 fully saturated rings. The molecule has 4 rings (SSSR count). The van der Waals surface area contributed by atoms with Crippen molar-refractivity contribution in [3.63, 3.8) is 0 Å². The Morgan fingerprint density at radius 2 is 1.48 bits per heavy atom. The van der Waals surface area contributed by atoms with E-state index in [4.69, 9.17) is 28.4 Å². The van der Waals surface area contributed by atoms with Gasteiger partial charge < -0.3 is 28.4 Å². The molecule has 0 saturated heterocycles. The minimum absolute atomic E-state index is 0.272. The van der Waals surface area contributed by atoms with Gasteiger partial charge in [0.25, 0.3) is 0 Å². The predicted molar refractivity (Wildman–Crippen MR) is 96.8 cm³/mol. The molecule has 0 atom stereocenters. The summed E-state index contributed by atoms with van der Waals surface area (Å²) in [6.45, 7) is 3.90. The molecule has 0 amide bonds. The van der Waals surface area contributed by atoms with Crippen LogP contribution in [0.5, 0.6) is 23.0 Å². The summed E-state index contributed by atoms with van der Waals surface area (Å²) in [7, 11) is 0. The highest BCUT2D eigenvalue weighted by Crippen LogP contribution is 2.33. The standard InChI is InChI=1S/C21H20O6/c1-15(10-23-12-17-3-5-19-21(9-17)27-14-25-19)6-7-22-11-16-2-4-18-20(8-16)26-13-24-18/h2-5,7-9H,10-14H2,1H3. The van der Waals surface area contributed by atoms with Gasteiger partial charge in [-0.2, -0.15) is 0 Å². The number of rotatable bonds is 7. The smallest absolute Gasteiger partial charge is 0.231 e. The fourth-order valence-electron chi connectivity index (χ4n) is 2.71. The lowest BCUT2D eigenvalue weighted by Crippen LogP contribution is -1.96. The van der Waals surface area contributed by atoms with Crippen LogP contribution in [0.4, 0.5) is 0 Å². The van der Waals surface area contributed by atoms with E-state index in [2.05, 4.69) is 5.73 Å². The summed E-state index contributed by atoms with van der Waals surface area (Å²) in [5.74, 6) is 3.06. The predicted octanol–water partition coefficient (Wildman–Crippen LogP) is 3.94. The van der Waals surface area contributed by atoms with Gasteiger partial charge in [0.1, 0.15) is 12.9 Å². The maximum absolute atomic E-state index is 5.71. The third kappa shape index (κ3) is 4.37. The first-order valence-electron chi connectivity index (χ1n) is 8.65. The first-order chi connectivity index (χ1) is 13.3. The maximum Gasteiger partial charge on any atom is 0.231 e. The second-order valence-electron chi connectivity index (χ2n) is 6.22. The Bertz CT molecular complexity index is 882. The van der Waals surface area contributed by atoms with Gasteiger partial charge in [0.15, 0.2) is 23.0 Å². The first kappa shape index (κ1) is 17.3. The minimum Gasteiger partial charge on any atom is -0.488 e. The van der Waals surface area contributed by atoms with Gasteiger partial charge in [0.2, 0.25) is 13.6 Å². The molecule has 27 heavy (non-hydrogen) atoms. The molecule has 140 valence electrons. The Morgan fingerprint density at radius 3 is 2.15 bits per heavy atom. The Balaban J connectivity index is 1.22. The molecule has 6 nitrogen and oxygen atoms in total. The molecule has 2 aromatic rings. The summed E-state index contributed by atoms with van der Waals surface area (Å²) >= 11 is 0. The molecule has 0 aliphatic carbocycles. The van der Waals surface area contributed by atoms with Gasteiger partial charge in [0, 0.05) is 0 Å². The van der Waals surface area contributed by atoms with Crippen LogP contribution in [0.2, 0.25) is 0 Å². The molecule has 2 aliphatic rings. The molecular weight excluding hydrogens is 348 g/mol. The van der Waals surface area contributed by atoms with Crippen molar-refractivity contribution in [1.29, 1.82) is 0 Å². The third-order valence-electron chi connectivity index (χ3n) is 4.10. The zero-order valence-electron chi connectivity index (χ0n) is 15.0. The number of ether oxygens (including phenoxy) is 6. The summed E-state index contributed by atoms with van der Waals surface area (Å²) in [5, 5.41) is 0. The number of hydrogen-bond donors (Lipinski definition) is 0. The van der Waals surface area contributed by atoms with Crippen LogP contribution >= 0.6 is 0 Å². The van der Waals surface area contributed by atoms with Crippen molar-refractivity contribution < 1.29 is 28.4 Å². The van der Waals surface area contributed by atoms with E-state index >= 15 is 0 Å². The van der Waals surface area contributed by atoms with Crippen LogP contribution in [0.25, 0.3) is 0 Å². The van der Waals surface area contributed by atoms with E-state index in [0.29, 0.717) is 19.8 Å². The van der Waals surface area contributed by atoms with E-state index in [-0.39, 0.29) is 13.6 Å². The maximum atomic E-state index is 5.71. The Morgan fingerprint density at radius 1 is 0.889 bits per heavy atom. The van der Waals surface area contributed by atoms with Crippen LogP contribution in [0.3, 0.4) is 0 Å². The van der Waals surface area contributed by atoms with E-state index in [1.807, 2.05) is 43.3 Å². The van der Waals surface area contributed by atoms with Crippen molar-refractivity contribution in [3.05, 3.63) is 65.1 Å². The van der Waals surface area contributed by atoms with Gasteiger partial charge >= 0.3 is 0 Å². The molecule has 0 aromatic heterocycles. The van der Waals surface area contributed by atoms with E-state index in [1.54, 1.807) is 6.26 Å². The highest BCUT2D eigenvalue weighted by atomic mass is 16.7. The topological polar surface area (TPSA) is 55.4 Å². The SMILES string of the molecule is CC(=C=COCc1ccc2c(c1)OCO2)COCc1ccc2c(c1)OCO2. The fraction of sp³-hybridized carbons (Fsp3) is 0.286. The highest BCUT2D eigenvalue weighted by molar-refractivity contribution is 5.45. The second kappa shape index (κ2) is 8.08. The van der Waals surface area contributed by atoms with Gasteiger partial charge in [-0.15, -0.1) is 0 Å². The highest BCUT2D eigenvalue weighted by Gasteiger charge is 2.13. The van der Waals surface area contributed by atoms with Gasteiger partial charge in [0.05, 0.1) is 13.2 Å². The summed E-state index contributed by atoms with van der Waals surface area (Å²) in [4.78, 5) is 0. The zero-order valence-corrected chi connectivity index (χ0v) is 15.0. The average Bonchev–Trinajstić information content (AvgIpc) is 3.33. The van der Waals surface area contributed by atoms with E-state index in [1.165, 1.54) is 0 Å². The first-order valence-corrected chi connectivity index (χ1v) is 8.65. The van der Waals surface area contributed by atoms with Crippen molar-refractivity contribution in [2.45, 2.75) is 20.1 Å². The van der Waals surface area contributed by atoms with Crippen LogP contribution in [-0.4, -0.2) is 20.2 Å². The number of hydrogen-bond acceptors (Lipinski definition) is 6. The van der Waals surface area contributed by atoms with Gasteiger partial charge in [-0.1, -0.05) is 17.9 Å². The molecule has 0 spiro atoms. The molecular formula is C21H20O6. The van der Waals surface area contributed by atoms with E-state index in [9.17, 15) is 0 Å². The quantitative estimate of drug-likeness (QED) is 0.545. The number of benzene rings is 2. The Hall–Kier alpha value is -3.08. The van der Waals surface area contributed by atoms with Gasteiger partial charge in [-0.3, -0.25) is 0 Å². The molecule has 0 saturated carbocycles. The average molecular weight is 368 g/mol. The normalized spacial score (nSPS) is 13.2. The van der Waals surface area contributed by atoms with Gasteiger partial charge in [-0.25, -0.2) is 0 Å². The van der Waals surface area contributed by atoms with Crippen LogP contribution in [-0.2, 0) is 22.7 Å². The monoisotopic (exact) mass is 368 g/mol. The van der Waals surface area contributed by atoms with Crippen LogP contribution in [0.1, 0.15) is 18.1 Å². The summed E-state index contributed by atoms with van der Waals surface area (Å²) in [6.07, 6.45) is 1.56. The lowest BCUT2D eigenvalue weighted by atomic mass is 10.2. The van der Waals surface area contributed by atoms with Crippen LogP contribution in [0.15, 0.2) is 54.0 Å².